The lowest BCUT2D eigenvalue weighted by Gasteiger charge is -2.22. The number of benzene rings is 1. The van der Waals surface area contributed by atoms with Crippen molar-refractivity contribution in [3.8, 4) is 0 Å². The molecule has 0 radical (unpaired) electrons. The summed E-state index contributed by atoms with van der Waals surface area (Å²) in [5.41, 5.74) is 0.657. The molecule has 7 heteroatoms. The summed E-state index contributed by atoms with van der Waals surface area (Å²) in [6, 6.07) is 4.73. The zero-order chi connectivity index (χ0) is 16.3. The van der Waals surface area contributed by atoms with Gasteiger partial charge in [-0.25, -0.2) is 9.18 Å². The quantitative estimate of drug-likeness (QED) is 0.659. The second-order valence-corrected chi connectivity index (χ2v) is 6.42. The predicted octanol–water partition coefficient (Wildman–Crippen LogP) is 3.28. The van der Waals surface area contributed by atoms with E-state index < -0.39 is 17.9 Å². The van der Waals surface area contributed by atoms with Crippen molar-refractivity contribution < 1.29 is 19.1 Å². The number of carboxylic acid groups (broad SMARTS) is 1. The van der Waals surface area contributed by atoms with Gasteiger partial charge in [0.25, 0.3) is 5.91 Å². The topological polar surface area (TPSA) is 57.6 Å². The van der Waals surface area contributed by atoms with Crippen LogP contribution in [0, 0.1) is 5.82 Å². The first-order chi connectivity index (χ1) is 10.4. The Balaban J connectivity index is 2.27. The van der Waals surface area contributed by atoms with E-state index in [0.29, 0.717) is 23.3 Å². The van der Waals surface area contributed by atoms with E-state index in [4.69, 9.17) is 12.2 Å². The highest BCUT2D eigenvalue weighted by Crippen LogP contribution is 2.34. The number of thiocarbonyl (C=S) groups is 1. The molecule has 1 amide bonds. The number of aliphatic carboxylic acids is 1. The van der Waals surface area contributed by atoms with Gasteiger partial charge in [-0.3, -0.25) is 9.69 Å². The van der Waals surface area contributed by atoms with Crippen LogP contribution in [0.5, 0.6) is 0 Å². The van der Waals surface area contributed by atoms with Crippen molar-refractivity contribution in [2.45, 2.75) is 25.8 Å². The van der Waals surface area contributed by atoms with Crippen molar-refractivity contribution in [3.63, 3.8) is 0 Å². The molecule has 0 aromatic heterocycles. The molecule has 1 fully saturated rings. The van der Waals surface area contributed by atoms with Crippen LogP contribution in [0.1, 0.15) is 25.3 Å². The standard InChI is InChI=1S/C15H14FNO3S2/c1-2-3-11(14(19)20)17-13(18)12(22-15(17)21)8-9-4-6-10(16)7-5-9/h4-8,11H,2-3H2,1H3,(H,19,20)/b12-8+/t11-/m1/s1. The second kappa shape index (κ2) is 7.02. The molecule has 1 aliphatic rings. The van der Waals surface area contributed by atoms with Crippen LogP contribution in [0.3, 0.4) is 0 Å². The molecule has 0 spiro atoms. The third kappa shape index (κ3) is 3.53. The Morgan fingerprint density at radius 1 is 1.45 bits per heavy atom. The molecule has 4 nitrogen and oxygen atoms in total. The number of hydrogen-bond acceptors (Lipinski definition) is 4. The number of carbonyl (C=O) groups is 2. The van der Waals surface area contributed by atoms with Gasteiger partial charge in [0.2, 0.25) is 0 Å². The highest BCUT2D eigenvalue weighted by molar-refractivity contribution is 8.26. The Kier molecular flexibility index (Phi) is 5.31. The molecular weight excluding hydrogens is 325 g/mol. The van der Waals surface area contributed by atoms with Gasteiger partial charge >= 0.3 is 5.97 Å². The monoisotopic (exact) mass is 339 g/mol. The lowest BCUT2D eigenvalue weighted by Crippen LogP contribution is -2.43. The van der Waals surface area contributed by atoms with E-state index in [0.717, 1.165) is 16.7 Å². The van der Waals surface area contributed by atoms with Crippen molar-refractivity contribution in [1.82, 2.24) is 4.90 Å². The highest BCUT2D eigenvalue weighted by Gasteiger charge is 2.39. The minimum absolute atomic E-state index is 0.235. The van der Waals surface area contributed by atoms with Gasteiger partial charge in [0.15, 0.2) is 0 Å². The maximum atomic E-state index is 12.9. The average Bonchev–Trinajstić information content (AvgIpc) is 2.73. The molecule has 2 rings (SSSR count). The van der Waals surface area contributed by atoms with Gasteiger partial charge in [0.1, 0.15) is 16.2 Å². The maximum Gasteiger partial charge on any atom is 0.326 e. The predicted molar refractivity (Wildman–Crippen MR) is 87.7 cm³/mol. The van der Waals surface area contributed by atoms with Crippen LogP contribution in [0.15, 0.2) is 29.2 Å². The average molecular weight is 339 g/mol. The zero-order valence-corrected chi connectivity index (χ0v) is 13.4. The smallest absolute Gasteiger partial charge is 0.326 e. The molecule has 22 heavy (non-hydrogen) atoms. The van der Waals surface area contributed by atoms with Gasteiger partial charge in [-0.05, 0) is 30.2 Å². The van der Waals surface area contributed by atoms with Crippen LogP contribution < -0.4 is 0 Å². The molecule has 1 aromatic rings. The molecule has 0 aliphatic carbocycles. The van der Waals surface area contributed by atoms with Crippen molar-refractivity contribution in [2.24, 2.45) is 0 Å². The van der Waals surface area contributed by atoms with E-state index in [1.807, 2.05) is 6.92 Å². The van der Waals surface area contributed by atoms with Crippen molar-refractivity contribution >= 4 is 46.3 Å². The summed E-state index contributed by atoms with van der Waals surface area (Å²) in [7, 11) is 0. The molecule has 1 saturated heterocycles. The summed E-state index contributed by atoms with van der Waals surface area (Å²) < 4.78 is 13.1. The molecule has 116 valence electrons. The SMILES string of the molecule is CCC[C@H](C(=O)O)N1C(=O)/C(=C\c2ccc(F)cc2)SC1=S. The second-order valence-electron chi connectivity index (χ2n) is 4.75. The summed E-state index contributed by atoms with van der Waals surface area (Å²) in [4.78, 5) is 25.3. The number of amides is 1. The maximum absolute atomic E-state index is 12.9. The minimum Gasteiger partial charge on any atom is -0.480 e. The summed E-state index contributed by atoms with van der Waals surface area (Å²) >= 11 is 6.21. The fraction of sp³-hybridized carbons (Fsp3) is 0.267. The molecule has 1 N–H and O–H groups in total. The van der Waals surface area contributed by atoms with Gasteiger partial charge in [0, 0.05) is 0 Å². The van der Waals surface area contributed by atoms with Gasteiger partial charge in [-0.2, -0.15) is 0 Å². The summed E-state index contributed by atoms with van der Waals surface area (Å²) in [5.74, 6) is -1.85. The van der Waals surface area contributed by atoms with E-state index in [2.05, 4.69) is 0 Å². The van der Waals surface area contributed by atoms with Crippen molar-refractivity contribution in [3.05, 3.63) is 40.6 Å². The van der Waals surface area contributed by atoms with Crippen LogP contribution in [-0.4, -0.2) is 32.2 Å². The Labute approximate surface area is 137 Å². The van der Waals surface area contributed by atoms with Crippen molar-refractivity contribution in [2.75, 3.05) is 0 Å². The Morgan fingerprint density at radius 2 is 2.09 bits per heavy atom. The normalized spacial score (nSPS) is 18.1. The van der Waals surface area contributed by atoms with Crippen LogP contribution in [0.4, 0.5) is 4.39 Å². The molecule has 1 atom stereocenters. The fourth-order valence-electron chi connectivity index (χ4n) is 2.10. The number of rotatable bonds is 5. The van der Waals surface area contributed by atoms with E-state index >= 15 is 0 Å². The van der Waals surface area contributed by atoms with E-state index in [9.17, 15) is 19.1 Å². The van der Waals surface area contributed by atoms with Gasteiger partial charge in [-0.1, -0.05) is 49.5 Å². The first-order valence-electron chi connectivity index (χ1n) is 6.69. The van der Waals surface area contributed by atoms with Crippen LogP contribution in [-0.2, 0) is 9.59 Å². The number of carbonyl (C=O) groups excluding carboxylic acids is 1. The number of halogens is 1. The lowest BCUT2D eigenvalue weighted by atomic mass is 10.1. The van der Waals surface area contributed by atoms with Gasteiger partial charge in [-0.15, -0.1) is 0 Å². The third-order valence-corrected chi connectivity index (χ3v) is 4.48. The number of hydrogen-bond donors (Lipinski definition) is 1. The zero-order valence-electron chi connectivity index (χ0n) is 11.8. The largest absolute Gasteiger partial charge is 0.480 e. The van der Waals surface area contributed by atoms with E-state index in [-0.39, 0.29) is 10.1 Å². The highest BCUT2D eigenvalue weighted by atomic mass is 32.2. The van der Waals surface area contributed by atoms with Gasteiger partial charge in [0.05, 0.1) is 4.91 Å². The van der Waals surface area contributed by atoms with Crippen LogP contribution in [0.2, 0.25) is 0 Å². The molecular formula is C15H14FNO3S2. The first kappa shape index (κ1) is 16.6. The molecule has 1 aliphatic heterocycles. The minimum atomic E-state index is -1.07. The van der Waals surface area contributed by atoms with Crippen LogP contribution in [0.25, 0.3) is 6.08 Å². The van der Waals surface area contributed by atoms with Gasteiger partial charge < -0.3 is 5.11 Å². The molecule has 0 unspecified atom stereocenters. The molecule has 0 bridgehead atoms. The number of nitrogens with zero attached hydrogens (tertiary/aromatic N) is 1. The molecule has 0 saturated carbocycles. The number of thioether (sulfide) groups is 1. The summed E-state index contributed by atoms with van der Waals surface area (Å²) in [6.07, 6.45) is 2.56. The van der Waals surface area contributed by atoms with E-state index in [1.165, 1.54) is 12.1 Å². The van der Waals surface area contributed by atoms with E-state index in [1.54, 1.807) is 18.2 Å². The van der Waals surface area contributed by atoms with Crippen LogP contribution >= 0.6 is 24.0 Å². The first-order valence-corrected chi connectivity index (χ1v) is 7.92. The van der Waals surface area contributed by atoms with Crippen molar-refractivity contribution in [1.29, 1.82) is 0 Å². The summed E-state index contributed by atoms with van der Waals surface area (Å²) in [6.45, 7) is 1.85. The molecule has 1 aromatic carbocycles. The Hall–Kier alpha value is -1.73. The summed E-state index contributed by atoms with van der Waals surface area (Å²) in [5, 5.41) is 9.28. The Bertz CT molecular complexity index is 643. The molecule has 1 heterocycles. The Morgan fingerprint density at radius 3 is 2.64 bits per heavy atom. The lowest BCUT2D eigenvalue weighted by molar-refractivity contribution is -0.145. The number of carboxylic acids is 1. The third-order valence-electron chi connectivity index (χ3n) is 3.15. The fourth-order valence-corrected chi connectivity index (χ4v) is 3.45.